The highest BCUT2D eigenvalue weighted by Crippen LogP contribution is 2.56. The smallest absolute Gasteiger partial charge is 0.417 e. The molecule has 0 fully saturated rings. The number of halogens is 4. The molecule has 2 aromatic carbocycles. The molecule has 3 aliphatic rings. The summed E-state index contributed by atoms with van der Waals surface area (Å²) in [6.45, 7) is -0.266. The second-order valence-corrected chi connectivity index (χ2v) is 11.9. The van der Waals surface area contributed by atoms with Crippen molar-refractivity contribution < 1.29 is 47.9 Å². The molecule has 10 nitrogen and oxygen atoms in total. The molecule has 0 saturated carbocycles. The molecule has 3 unspecified atom stereocenters. The van der Waals surface area contributed by atoms with Crippen LogP contribution in [0.4, 0.5) is 13.2 Å². The summed E-state index contributed by atoms with van der Waals surface area (Å²) in [5, 5.41) is 45.1. The first-order valence-electron chi connectivity index (χ1n) is 13.6. The number of phenols is 1. The number of nitrogens with two attached hydrogens (primary N) is 2. The molecular weight excluding hydrogens is 607 g/mol. The summed E-state index contributed by atoms with van der Waals surface area (Å²) >= 11 is 5.85. The minimum atomic E-state index is -4.77. The predicted octanol–water partition coefficient (Wildman–Crippen LogP) is 3.57. The Morgan fingerprint density at radius 2 is 1.84 bits per heavy atom. The largest absolute Gasteiger partial charge is 0.511 e. The highest BCUT2D eigenvalue weighted by atomic mass is 35.5. The summed E-state index contributed by atoms with van der Waals surface area (Å²) in [5.74, 6) is -9.33. The maximum absolute atomic E-state index is 14.2. The maximum atomic E-state index is 14.2. The third-order valence-electron chi connectivity index (χ3n) is 9.01. The van der Waals surface area contributed by atoms with E-state index in [1.807, 2.05) is 0 Å². The molecule has 0 saturated heterocycles. The van der Waals surface area contributed by atoms with Gasteiger partial charge in [0.15, 0.2) is 5.78 Å². The van der Waals surface area contributed by atoms with Crippen LogP contribution in [0, 0.1) is 17.8 Å². The van der Waals surface area contributed by atoms with Gasteiger partial charge in [-0.2, -0.15) is 13.2 Å². The van der Waals surface area contributed by atoms with Gasteiger partial charge >= 0.3 is 6.18 Å². The number of alkyl halides is 3. The predicted molar refractivity (Wildman–Crippen MR) is 153 cm³/mol. The number of allylic oxidation sites excluding steroid dienone is 1. The zero-order valence-corrected chi connectivity index (χ0v) is 24.6. The minimum absolute atomic E-state index is 0.0138. The van der Waals surface area contributed by atoms with Crippen molar-refractivity contribution >= 4 is 23.3 Å². The molecule has 0 aliphatic heterocycles. The van der Waals surface area contributed by atoms with Crippen LogP contribution in [0.25, 0.3) is 11.1 Å². The first-order chi connectivity index (χ1) is 20.5. The number of amides is 1. The number of primary amides is 1. The topological polar surface area (TPSA) is 180 Å². The minimum Gasteiger partial charge on any atom is -0.511 e. The number of ether oxygens (including phenoxy) is 1. The first-order valence-corrected chi connectivity index (χ1v) is 14.0. The van der Waals surface area contributed by atoms with Gasteiger partial charge in [-0.1, -0.05) is 17.7 Å². The molecule has 0 radical (unpaired) electrons. The van der Waals surface area contributed by atoms with Gasteiger partial charge in [-0.3, -0.25) is 14.5 Å². The molecule has 44 heavy (non-hydrogen) atoms. The molecule has 8 N–H and O–H groups in total. The number of methoxy groups -OCH3 is 1. The van der Waals surface area contributed by atoms with E-state index in [1.54, 1.807) is 19.0 Å². The van der Waals surface area contributed by atoms with E-state index in [9.17, 15) is 43.2 Å². The lowest BCUT2D eigenvalue weighted by molar-refractivity contribution is -0.219. The molecule has 0 bridgehead atoms. The number of aliphatic hydroxyl groups excluding tert-OH is 2. The number of likely N-dealkylation sites (N-methyl/N-ethyl adjacent to an activating group) is 1. The number of hydrogen-bond donors (Lipinski definition) is 6. The number of aliphatic hydroxyl groups is 3. The SMILES string of the molecule is CO[C@@]1(O)C(C(N)=O)=C(O)[C@@H](N(C)C)C2CC3Cc4c(-c5ccc(Cl)c(C(F)(F)F)c5)cc(CN)c(O)c4C(=O)C3=C(O)C21. The monoisotopic (exact) mass is 637 g/mol. The summed E-state index contributed by atoms with van der Waals surface area (Å²) in [7, 11) is 4.27. The molecule has 5 atom stereocenters. The van der Waals surface area contributed by atoms with Crippen molar-refractivity contribution in [3.8, 4) is 16.9 Å². The molecule has 3 aliphatic carbocycles. The van der Waals surface area contributed by atoms with Crippen LogP contribution in [0.15, 0.2) is 46.9 Å². The molecule has 14 heteroatoms. The van der Waals surface area contributed by atoms with E-state index in [0.717, 1.165) is 19.2 Å². The Balaban J connectivity index is 1.76. The van der Waals surface area contributed by atoms with E-state index in [-0.39, 0.29) is 52.8 Å². The van der Waals surface area contributed by atoms with E-state index in [4.69, 9.17) is 27.8 Å². The average Bonchev–Trinajstić information content (AvgIpc) is 2.92. The summed E-state index contributed by atoms with van der Waals surface area (Å²) in [6.07, 6.45) is -4.72. The molecule has 2 aromatic rings. The lowest BCUT2D eigenvalue weighted by atomic mass is 9.59. The molecule has 0 spiro atoms. The van der Waals surface area contributed by atoms with Crippen molar-refractivity contribution in [2.24, 2.45) is 29.2 Å². The number of fused-ring (bicyclic) bond motifs is 3. The van der Waals surface area contributed by atoms with Crippen LogP contribution in [0.1, 0.15) is 33.5 Å². The number of hydrogen-bond acceptors (Lipinski definition) is 9. The van der Waals surface area contributed by atoms with E-state index in [1.165, 1.54) is 12.1 Å². The maximum Gasteiger partial charge on any atom is 0.417 e. The van der Waals surface area contributed by atoms with Gasteiger partial charge in [0.2, 0.25) is 5.79 Å². The quantitative estimate of drug-likeness (QED) is 0.267. The van der Waals surface area contributed by atoms with Gasteiger partial charge in [0.25, 0.3) is 5.91 Å². The molecule has 0 aromatic heterocycles. The number of rotatable bonds is 5. The van der Waals surface area contributed by atoms with Crippen LogP contribution in [0.3, 0.4) is 0 Å². The van der Waals surface area contributed by atoms with Crippen LogP contribution in [0.2, 0.25) is 5.02 Å². The highest BCUT2D eigenvalue weighted by Gasteiger charge is 2.61. The van der Waals surface area contributed by atoms with Gasteiger partial charge in [0.05, 0.1) is 28.1 Å². The Bertz CT molecular complexity index is 1660. The lowest BCUT2D eigenvalue weighted by Gasteiger charge is -2.52. The summed E-state index contributed by atoms with van der Waals surface area (Å²) in [5.41, 5.74) is 9.79. The second kappa shape index (κ2) is 10.8. The molecule has 1 amide bonds. The number of carbonyl (C=O) groups excluding carboxylic acids is 2. The fraction of sp³-hybridized carbons (Fsp3) is 0.400. The Kier molecular flexibility index (Phi) is 7.78. The number of aromatic hydroxyl groups is 1. The number of ketones is 1. The highest BCUT2D eigenvalue weighted by molar-refractivity contribution is 6.31. The van der Waals surface area contributed by atoms with Crippen molar-refractivity contribution in [3.05, 3.63) is 74.2 Å². The van der Waals surface area contributed by atoms with E-state index in [2.05, 4.69) is 0 Å². The third kappa shape index (κ3) is 4.57. The molecule has 236 valence electrons. The van der Waals surface area contributed by atoms with Crippen molar-refractivity contribution in [1.82, 2.24) is 4.90 Å². The Morgan fingerprint density at radius 1 is 1.18 bits per heavy atom. The summed E-state index contributed by atoms with van der Waals surface area (Å²) < 4.78 is 46.6. The summed E-state index contributed by atoms with van der Waals surface area (Å²) in [6, 6.07) is 3.79. The lowest BCUT2D eigenvalue weighted by Crippen LogP contribution is -2.61. The molecule has 0 heterocycles. The molecule has 5 rings (SSSR count). The van der Waals surface area contributed by atoms with Gasteiger partial charge in [-0.05, 0) is 73.7 Å². The first kappa shape index (κ1) is 31.8. The van der Waals surface area contributed by atoms with E-state index < -0.39 is 80.9 Å². The zero-order chi connectivity index (χ0) is 32.6. The van der Waals surface area contributed by atoms with E-state index in [0.29, 0.717) is 0 Å². The van der Waals surface area contributed by atoms with Gasteiger partial charge in [-0.15, -0.1) is 0 Å². The van der Waals surface area contributed by atoms with Crippen LogP contribution >= 0.6 is 11.6 Å². The van der Waals surface area contributed by atoms with Crippen LogP contribution in [0.5, 0.6) is 5.75 Å². The summed E-state index contributed by atoms with van der Waals surface area (Å²) in [4.78, 5) is 28.2. The van der Waals surface area contributed by atoms with Crippen LogP contribution in [-0.4, -0.2) is 70.1 Å². The van der Waals surface area contributed by atoms with Crippen molar-refractivity contribution in [1.29, 1.82) is 0 Å². The number of Topliss-reactive ketones (excluding diaryl/α,β-unsaturated/α-hetero) is 1. The Labute approximate surface area is 255 Å². The number of phenolic OH excluding ortho intramolecular Hbond substituents is 1. The fourth-order valence-electron chi connectivity index (χ4n) is 7.21. The zero-order valence-electron chi connectivity index (χ0n) is 23.9. The normalized spacial score (nSPS) is 26.9. The van der Waals surface area contributed by atoms with Gasteiger partial charge in [-0.25, -0.2) is 0 Å². The van der Waals surface area contributed by atoms with Crippen molar-refractivity contribution in [3.63, 3.8) is 0 Å². The van der Waals surface area contributed by atoms with Crippen molar-refractivity contribution in [2.75, 3.05) is 21.2 Å². The molecular formula is C30H31ClF3N3O7. The third-order valence-corrected chi connectivity index (χ3v) is 9.34. The van der Waals surface area contributed by atoms with Crippen LogP contribution in [-0.2, 0) is 28.7 Å². The van der Waals surface area contributed by atoms with Crippen LogP contribution < -0.4 is 11.5 Å². The fourth-order valence-corrected chi connectivity index (χ4v) is 7.44. The second-order valence-electron chi connectivity index (χ2n) is 11.5. The van der Waals surface area contributed by atoms with Gasteiger partial charge in [0, 0.05) is 24.8 Å². The standard InChI is InChI=1S/C30H31ClF3N3O7/c1-37(2)23-16-7-12-6-15-14(11-4-5-18(31)17(9-11)30(32,33)34)8-13(10-35)24(38)20(15)25(39)19(12)26(40)21(16)29(43,44-3)22(27(23)41)28(36)42/h4-5,8-9,12,16,21,23,38,40-41,43H,6-7,10,35H2,1-3H3,(H2,36,42)/t12?,16?,21?,23-,29+/m0/s1. The van der Waals surface area contributed by atoms with Crippen molar-refractivity contribution in [2.45, 2.75) is 37.4 Å². The number of carbonyl (C=O) groups is 2. The Morgan fingerprint density at radius 3 is 2.39 bits per heavy atom. The van der Waals surface area contributed by atoms with E-state index >= 15 is 0 Å². The number of benzene rings is 2. The van der Waals surface area contributed by atoms with Gasteiger partial charge in [0.1, 0.15) is 22.8 Å². The number of nitrogens with zero attached hydrogens (tertiary/aromatic N) is 1. The average molecular weight is 638 g/mol. The Hall–Kier alpha value is -3.62. The van der Waals surface area contributed by atoms with Gasteiger partial charge < -0.3 is 36.6 Å².